The third-order valence-corrected chi connectivity index (χ3v) is 2.62. The van der Waals surface area contributed by atoms with E-state index in [1.165, 1.54) is 0 Å². The molecule has 1 aromatic rings. The summed E-state index contributed by atoms with van der Waals surface area (Å²) in [5.74, 6) is -0.826. The number of aliphatic carboxylic acids is 1. The lowest BCUT2D eigenvalue weighted by Gasteiger charge is -2.16. The van der Waals surface area contributed by atoms with Crippen LogP contribution in [0.15, 0.2) is 36.4 Å². The van der Waals surface area contributed by atoms with Gasteiger partial charge in [-0.05, 0) is 24.1 Å². The van der Waals surface area contributed by atoms with Gasteiger partial charge in [0.2, 0.25) is 5.91 Å². The van der Waals surface area contributed by atoms with E-state index in [0.717, 1.165) is 23.5 Å². The molecular formula is C14H17NO4. The molecule has 0 radical (unpaired) electrons. The van der Waals surface area contributed by atoms with Crippen LogP contribution < -0.4 is 10.1 Å². The van der Waals surface area contributed by atoms with E-state index in [2.05, 4.69) is 5.32 Å². The van der Waals surface area contributed by atoms with Crippen LogP contribution in [0.25, 0.3) is 0 Å². The number of ether oxygens (including phenoxy) is 1. The quantitative estimate of drug-likeness (QED) is 0.769. The summed E-state index contributed by atoms with van der Waals surface area (Å²) in [6, 6.07) is 7.22. The first-order valence-electron chi connectivity index (χ1n) is 5.92. The number of nitrogens with one attached hydrogen (secondary N) is 1. The molecule has 19 heavy (non-hydrogen) atoms. The molecular weight excluding hydrogens is 246 g/mol. The fourth-order valence-corrected chi connectivity index (χ4v) is 1.62. The van der Waals surface area contributed by atoms with Gasteiger partial charge in [-0.1, -0.05) is 19.1 Å². The number of methoxy groups -OCH3 is 1. The van der Waals surface area contributed by atoms with E-state index in [1.54, 1.807) is 7.11 Å². The zero-order chi connectivity index (χ0) is 14.3. The Labute approximate surface area is 111 Å². The maximum atomic E-state index is 11.5. The highest BCUT2D eigenvalue weighted by molar-refractivity contribution is 5.94. The number of hydrogen-bond acceptors (Lipinski definition) is 3. The summed E-state index contributed by atoms with van der Waals surface area (Å²) in [5, 5.41) is 11.2. The number of carboxylic acids is 1. The van der Waals surface area contributed by atoms with Gasteiger partial charge in [0.15, 0.2) is 0 Å². The van der Waals surface area contributed by atoms with Crippen LogP contribution in [-0.4, -0.2) is 24.1 Å². The van der Waals surface area contributed by atoms with Gasteiger partial charge >= 0.3 is 5.97 Å². The Bertz CT molecular complexity index is 465. The Balaban J connectivity index is 2.71. The maximum Gasteiger partial charge on any atom is 0.328 e. The summed E-state index contributed by atoms with van der Waals surface area (Å²) in [7, 11) is 1.59. The van der Waals surface area contributed by atoms with E-state index in [9.17, 15) is 9.59 Å². The molecule has 0 aromatic heterocycles. The number of carbonyl (C=O) groups excluding carboxylic acids is 1. The van der Waals surface area contributed by atoms with Crippen LogP contribution in [0.1, 0.15) is 24.9 Å². The van der Waals surface area contributed by atoms with Crippen LogP contribution in [0.5, 0.6) is 5.75 Å². The molecule has 0 heterocycles. The van der Waals surface area contributed by atoms with Crippen molar-refractivity contribution in [2.24, 2.45) is 0 Å². The lowest BCUT2D eigenvalue weighted by molar-refractivity contribution is -0.131. The van der Waals surface area contributed by atoms with Crippen molar-refractivity contribution in [2.75, 3.05) is 7.11 Å². The summed E-state index contributed by atoms with van der Waals surface area (Å²) >= 11 is 0. The zero-order valence-electron chi connectivity index (χ0n) is 10.9. The van der Waals surface area contributed by atoms with E-state index in [0.29, 0.717) is 6.42 Å². The number of rotatable bonds is 6. The normalized spacial score (nSPS) is 12.1. The Morgan fingerprint density at radius 3 is 2.42 bits per heavy atom. The summed E-state index contributed by atoms with van der Waals surface area (Å²) in [6.07, 6.45) is 2.53. The monoisotopic (exact) mass is 263 g/mol. The first kappa shape index (κ1) is 14.8. The third kappa shape index (κ3) is 4.83. The molecule has 5 nitrogen and oxygen atoms in total. The smallest absolute Gasteiger partial charge is 0.328 e. The van der Waals surface area contributed by atoms with Crippen LogP contribution >= 0.6 is 0 Å². The Kier molecular flexibility index (Phi) is 5.60. The van der Waals surface area contributed by atoms with Gasteiger partial charge in [-0.25, -0.2) is 4.79 Å². The first-order chi connectivity index (χ1) is 9.06. The summed E-state index contributed by atoms with van der Waals surface area (Å²) in [5.41, 5.74) is 0.945. The minimum Gasteiger partial charge on any atom is -0.497 e. The van der Waals surface area contributed by atoms with Gasteiger partial charge in [-0.15, -0.1) is 0 Å². The molecule has 102 valence electrons. The van der Waals surface area contributed by atoms with Gasteiger partial charge in [0.05, 0.1) is 13.2 Å². The van der Waals surface area contributed by atoms with Crippen molar-refractivity contribution in [1.29, 1.82) is 0 Å². The standard InChI is InChI=1S/C14H17NO4/c1-3-12(15-13(16)8-9-14(17)18)10-4-6-11(19-2)7-5-10/h4-9,12H,3H2,1-2H3,(H,15,16)(H,17,18)/b9-8+. The van der Waals surface area contributed by atoms with Crippen molar-refractivity contribution in [3.05, 3.63) is 42.0 Å². The van der Waals surface area contributed by atoms with Gasteiger partial charge in [0, 0.05) is 12.2 Å². The number of carboxylic acid groups (broad SMARTS) is 1. The highest BCUT2D eigenvalue weighted by Gasteiger charge is 2.11. The molecule has 0 bridgehead atoms. The Morgan fingerprint density at radius 2 is 1.95 bits per heavy atom. The number of amides is 1. The summed E-state index contributed by atoms with van der Waals surface area (Å²) in [4.78, 5) is 21.8. The topological polar surface area (TPSA) is 75.6 Å². The predicted octanol–water partition coefficient (Wildman–Crippen LogP) is 1.90. The highest BCUT2D eigenvalue weighted by Crippen LogP contribution is 2.19. The minimum atomic E-state index is -1.15. The summed E-state index contributed by atoms with van der Waals surface area (Å²) < 4.78 is 5.06. The molecule has 1 rings (SSSR count). The van der Waals surface area contributed by atoms with E-state index < -0.39 is 11.9 Å². The van der Waals surface area contributed by atoms with Crippen LogP contribution in [0, 0.1) is 0 Å². The molecule has 2 N–H and O–H groups in total. The van der Waals surface area contributed by atoms with Gasteiger partial charge < -0.3 is 15.2 Å². The molecule has 0 aliphatic carbocycles. The molecule has 0 saturated heterocycles. The van der Waals surface area contributed by atoms with Crippen LogP contribution in [0.3, 0.4) is 0 Å². The Morgan fingerprint density at radius 1 is 1.32 bits per heavy atom. The van der Waals surface area contributed by atoms with Crippen molar-refractivity contribution in [1.82, 2.24) is 5.32 Å². The van der Waals surface area contributed by atoms with Gasteiger partial charge in [-0.2, -0.15) is 0 Å². The number of hydrogen-bond donors (Lipinski definition) is 2. The average molecular weight is 263 g/mol. The lowest BCUT2D eigenvalue weighted by atomic mass is 10.0. The van der Waals surface area contributed by atoms with Gasteiger partial charge in [0.1, 0.15) is 5.75 Å². The second-order valence-corrected chi connectivity index (χ2v) is 3.91. The van der Waals surface area contributed by atoms with E-state index in [-0.39, 0.29) is 6.04 Å². The molecule has 1 aromatic carbocycles. The molecule has 0 spiro atoms. The van der Waals surface area contributed by atoms with Crippen molar-refractivity contribution in [3.8, 4) is 5.75 Å². The zero-order valence-corrected chi connectivity index (χ0v) is 10.9. The fourth-order valence-electron chi connectivity index (χ4n) is 1.62. The third-order valence-electron chi connectivity index (χ3n) is 2.62. The predicted molar refractivity (Wildman–Crippen MR) is 70.9 cm³/mol. The average Bonchev–Trinajstić information content (AvgIpc) is 2.42. The van der Waals surface area contributed by atoms with Gasteiger partial charge in [-0.3, -0.25) is 4.79 Å². The molecule has 0 fully saturated rings. The number of benzene rings is 1. The molecule has 0 saturated carbocycles. The number of carbonyl (C=O) groups is 2. The molecule has 1 unspecified atom stereocenters. The van der Waals surface area contributed by atoms with E-state index in [1.807, 2.05) is 31.2 Å². The van der Waals surface area contributed by atoms with E-state index in [4.69, 9.17) is 9.84 Å². The highest BCUT2D eigenvalue weighted by atomic mass is 16.5. The SMILES string of the molecule is CCC(NC(=O)/C=C/C(=O)O)c1ccc(OC)cc1. The molecule has 5 heteroatoms. The van der Waals surface area contributed by atoms with Crippen molar-refractivity contribution in [3.63, 3.8) is 0 Å². The second kappa shape index (κ2) is 7.20. The maximum absolute atomic E-state index is 11.5. The largest absolute Gasteiger partial charge is 0.497 e. The Hall–Kier alpha value is -2.30. The van der Waals surface area contributed by atoms with Crippen molar-refractivity contribution in [2.45, 2.75) is 19.4 Å². The second-order valence-electron chi connectivity index (χ2n) is 3.91. The van der Waals surface area contributed by atoms with Crippen LogP contribution in [0.2, 0.25) is 0 Å². The van der Waals surface area contributed by atoms with Crippen molar-refractivity contribution < 1.29 is 19.4 Å². The first-order valence-corrected chi connectivity index (χ1v) is 5.92. The minimum absolute atomic E-state index is 0.156. The van der Waals surface area contributed by atoms with Crippen molar-refractivity contribution >= 4 is 11.9 Å². The van der Waals surface area contributed by atoms with E-state index >= 15 is 0 Å². The fraction of sp³-hybridized carbons (Fsp3) is 0.286. The lowest BCUT2D eigenvalue weighted by Crippen LogP contribution is -2.26. The molecule has 1 amide bonds. The van der Waals surface area contributed by atoms with Gasteiger partial charge in [0.25, 0.3) is 0 Å². The molecule has 1 atom stereocenters. The molecule has 0 aliphatic heterocycles. The van der Waals surface area contributed by atoms with Crippen LogP contribution in [0.4, 0.5) is 0 Å². The van der Waals surface area contributed by atoms with Crippen LogP contribution in [-0.2, 0) is 9.59 Å². The summed E-state index contributed by atoms with van der Waals surface area (Å²) in [6.45, 7) is 1.94. The molecule has 0 aliphatic rings.